The zero-order valence-corrected chi connectivity index (χ0v) is 22.5. The SMILES string of the molecule is CCCCCCCCCCCCCCCC(=O)Oc1cc(C(O)CNC(C)C(Cl)Cl)ccc1O. The van der Waals surface area contributed by atoms with Gasteiger partial charge in [-0.3, -0.25) is 4.79 Å². The Bertz CT molecular complexity index is 672. The van der Waals surface area contributed by atoms with E-state index in [4.69, 9.17) is 27.9 Å². The number of carbonyl (C=O) groups is 1. The third-order valence-corrected chi connectivity index (χ3v) is 6.84. The number of nitrogens with one attached hydrogen (secondary N) is 1. The Balaban J connectivity index is 2.20. The van der Waals surface area contributed by atoms with Crippen molar-refractivity contribution in [1.82, 2.24) is 5.32 Å². The summed E-state index contributed by atoms with van der Waals surface area (Å²) in [6.07, 6.45) is 15.7. The van der Waals surface area contributed by atoms with Gasteiger partial charge in [0.25, 0.3) is 0 Å². The number of hydrogen-bond acceptors (Lipinski definition) is 5. The number of hydrogen-bond donors (Lipinski definition) is 3. The van der Waals surface area contributed by atoms with Gasteiger partial charge in [0, 0.05) is 19.0 Å². The number of phenols is 1. The number of carbonyl (C=O) groups excluding carboxylic acids is 1. The molecule has 0 aliphatic rings. The van der Waals surface area contributed by atoms with Gasteiger partial charge in [0.05, 0.1) is 6.10 Å². The average Bonchev–Trinajstić information content (AvgIpc) is 2.81. The molecule has 2 unspecified atom stereocenters. The Morgan fingerprint density at radius 3 is 2.00 bits per heavy atom. The molecule has 0 saturated carbocycles. The van der Waals surface area contributed by atoms with Gasteiger partial charge in [-0.05, 0) is 31.0 Å². The topological polar surface area (TPSA) is 78.8 Å². The maximum Gasteiger partial charge on any atom is 0.311 e. The van der Waals surface area contributed by atoms with Crippen LogP contribution in [0.3, 0.4) is 0 Å². The number of phenolic OH excluding ortho intramolecular Hbond substituents is 1. The van der Waals surface area contributed by atoms with E-state index in [0.29, 0.717) is 12.0 Å². The molecule has 0 aliphatic heterocycles. The molecule has 0 aliphatic carbocycles. The standard InChI is InChI=1S/C27H45Cl2NO4/c1-3-4-5-6-7-8-9-10-11-12-13-14-15-16-26(33)34-25-19-22(17-18-23(25)31)24(32)20-30-21(2)27(28)29/h17-19,21,24,27,30-32H,3-16,20H2,1-2H3. The van der Waals surface area contributed by atoms with Gasteiger partial charge < -0.3 is 20.3 Å². The molecule has 5 nitrogen and oxygen atoms in total. The van der Waals surface area contributed by atoms with E-state index in [9.17, 15) is 15.0 Å². The molecule has 1 aromatic rings. The Hall–Kier alpha value is -1.01. The largest absolute Gasteiger partial charge is 0.504 e. The molecule has 0 aromatic heterocycles. The number of unbranched alkanes of at least 4 members (excludes halogenated alkanes) is 12. The van der Waals surface area contributed by atoms with Crippen LogP contribution >= 0.6 is 23.2 Å². The van der Waals surface area contributed by atoms with Crippen LogP contribution in [0.2, 0.25) is 0 Å². The average molecular weight is 519 g/mol. The second-order valence-electron chi connectivity index (χ2n) is 9.24. The van der Waals surface area contributed by atoms with Crippen molar-refractivity contribution in [3.8, 4) is 11.5 Å². The highest BCUT2D eigenvalue weighted by Crippen LogP contribution is 2.30. The summed E-state index contributed by atoms with van der Waals surface area (Å²) in [5.41, 5.74) is 0.530. The fraction of sp³-hybridized carbons (Fsp3) is 0.741. The summed E-state index contributed by atoms with van der Waals surface area (Å²) in [5, 5.41) is 23.4. The number of esters is 1. The predicted molar refractivity (Wildman–Crippen MR) is 142 cm³/mol. The highest BCUT2D eigenvalue weighted by molar-refractivity contribution is 6.44. The van der Waals surface area contributed by atoms with Crippen LogP contribution in [-0.2, 0) is 4.79 Å². The second-order valence-corrected chi connectivity index (χ2v) is 10.4. The van der Waals surface area contributed by atoms with E-state index in [-0.39, 0.29) is 30.1 Å². The summed E-state index contributed by atoms with van der Waals surface area (Å²) in [7, 11) is 0. The Kier molecular flexibility index (Phi) is 17.5. The Morgan fingerprint density at radius 2 is 1.47 bits per heavy atom. The number of alkyl halides is 2. The van der Waals surface area contributed by atoms with Gasteiger partial charge in [-0.2, -0.15) is 0 Å². The normalized spacial score (nSPS) is 13.2. The number of halogens is 2. The summed E-state index contributed by atoms with van der Waals surface area (Å²) >= 11 is 11.6. The molecule has 0 radical (unpaired) electrons. The summed E-state index contributed by atoms with van der Waals surface area (Å²) < 4.78 is 5.34. The van der Waals surface area contributed by atoms with E-state index in [2.05, 4.69) is 12.2 Å². The molecule has 0 fully saturated rings. The summed E-state index contributed by atoms with van der Waals surface area (Å²) in [5.74, 6) is -0.432. The Labute approximate surface area is 216 Å². The zero-order chi connectivity index (χ0) is 25.2. The molecule has 196 valence electrons. The molecule has 0 amide bonds. The molecule has 1 aromatic carbocycles. The first-order valence-corrected chi connectivity index (χ1v) is 14.0. The molecule has 0 spiro atoms. The minimum Gasteiger partial charge on any atom is -0.504 e. The summed E-state index contributed by atoms with van der Waals surface area (Å²) in [4.78, 5) is 11.6. The number of aliphatic hydroxyl groups excluding tert-OH is 1. The van der Waals surface area contributed by atoms with Crippen molar-refractivity contribution in [1.29, 1.82) is 0 Å². The van der Waals surface area contributed by atoms with Crippen LogP contribution in [0.1, 0.15) is 115 Å². The van der Waals surface area contributed by atoms with Crippen molar-refractivity contribution in [2.75, 3.05) is 6.54 Å². The van der Waals surface area contributed by atoms with Crippen LogP contribution in [0.4, 0.5) is 0 Å². The van der Waals surface area contributed by atoms with Crippen LogP contribution in [0.25, 0.3) is 0 Å². The lowest BCUT2D eigenvalue weighted by atomic mass is 10.0. The van der Waals surface area contributed by atoms with Crippen molar-refractivity contribution in [3.63, 3.8) is 0 Å². The van der Waals surface area contributed by atoms with Crippen LogP contribution in [0, 0.1) is 0 Å². The molecule has 1 rings (SSSR count). The molecule has 0 saturated heterocycles. The highest BCUT2D eigenvalue weighted by atomic mass is 35.5. The molecule has 0 heterocycles. The van der Waals surface area contributed by atoms with Crippen molar-refractivity contribution in [3.05, 3.63) is 23.8 Å². The van der Waals surface area contributed by atoms with Gasteiger partial charge in [-0.15, -0.1) is 23.2 Å². The molecule has 0 bridgehead atoms. The molecular weight excluding hydrogens is 473 g/mol. The number of ether oxygens (including phenoxy) is 1. The van der Waals surface area contributed by atoms with E-state index >= 15 is 0 Å². The van der Waals surface area contributed by atoms with E-state index in [1.165, 1.54) is 76.3 Å². The highest BCUT2D eigenvalue weighted by Gasteiger charge is 2.16. The van der Waals surface area contributed by atoms with E-state index in [1.54, 1.807) is 6.07 Å². The van der Waals surface area contributed by atoms with E-state index in [0.717, 1.165) is 19.3 Å². The first-order chi connectivity index (χ1) is 16.3. The number of rotatable bonds is 20. The molecular formula is C27H45Cl2NO4. The number of aliphatic hydroxyl groups is 1. The van der Waals surface area contributed by atoms with E-state index in [1.807, 2.05) is 6.92 Å². The van der Waals surface area contributed by atoms with E-state index < -0.39 is 10.9 Å². The fourth-order valence-corrected chi connectivity index (χ4v) is 3.96. The van der Waals surface area contributed by atoms with Gasteiger partial charge in [0.2, 0.25) is 0 Å². The lowest BCUT2D eigenvalue weighted by molar-refractivity contribution is -0.134. The van der Waals surface area contributed by atoms with Crippen molar-refractivity contribution < 1.29 is 19.7 Å². The van der Waals surface area contributed by atoms with Gasteiger partial charge >= 0.3 is 5.97 Å². The number of benzene rings is 1. The number of aromatic hydroxyl groups is 1. The fourth-order valence-electron chi connectivity index (χ4n) is 3.78. The lowest BCUT2D eigenvalue weighted by Crippen LogP contribution is -2.34. The van der Waals surface area contributed by atoms with Crippen LogP contribution < -0.4 is 10.1 Å². The summed E-state index contributed by atoms with van der Waals surface area (Å²) in [6, 6.07) is 4.32. The van der Waals surface area contributed by atoms with Gasteiger partial charge in [0.15, 0.2) is 11.5 Å². The second kappa shape index (κ2) is 19.2. The Morgan fingerprint density at radius 1 is 0.941 bits per heavy atom. The molecule has 3 N–H and O–H groups in total. The first-order valence-electron chi connectivity index (χ1n) is 13.1. The third kappa shape index (κ3) is 14.4. The van der Waals surface area contributed by atoms with Gasteiger partial charge in [0.1, 0.15) is 4.84 Å². The van der Waals surface area contributed by atoms with Crippen LogP contribution in [-0.4, -0.2) is 33.6 Å². The quantitative estimate of drug-likeness (QED) is 0.0717. The van der Waals surface area contributed by atoms with Gasteiger partial charge in [-0.25, -0.2) is 0 Å². The maximum absolute atomic E-state index is 12.2. The summed E-state index contributed by atoms with van der Waals surface area (Å²) in [6.45, 7) is 4.30. The minimum absolute atomic E-state index is 0.0665. The minimum atomic E-state index is -0.853. The van der Waals surface area contributed by atoms with Crippen molar-refractivity contribution in [2.24, 2.45) is 0 Å². The third-order valence-electron chi connectivity index (χ3n) is 6.09. The maximum atomic E-state index is 12.2. The molecule has 34 heavy (non-hydrogen) atoms. The van der Waals surface area contributed by atoms with Crippen molar-refractivity contribution >= 4 is 29.2 Å². The molecule has 2 atom stereocenters. The van der Waals surface area contributed by atoms with Gasteiger partial charge in [-0.1, -0.05) is 90.0 Å². The monoisotopic (exact) mass is 517 g/mol. The smallest absolute Gasteiger partial charge is 0.311 e. The lowest BCUT2D eigenvalue weighted by Gasteiger charge is -2.18. The zero-order valence-electron chi connectivity index (χ0n) is 21.0. The molecule has 7 heteroatoms. The predicted octanol–water partition coefficient (Wildman–Crippen LogP) is 7.59. The van der Waals surface area contributed by atoms with Crippen molar-refractivity contribution in [2.45, 2.75) is 121 Å². The van der Waals surface area contributed by atoms with Crippen LogP contribution in [0.15, 0.2) is 18.2 Å². The first kappa shape index (κ1) is 31.0. The van der Waals surface area contributed by atoms with Crippen LogP contribution in [0.5, 0.6) is 11.5 Å².